The summed E-state index contributed by atoms with van der Waals surface area (Å²) < 4.78 is 0. The van der Waals surface area contributed by atoms with Crippen LogP contribution in [0.5, 0.6) is 0 Å². The fraction of sp³-hybridized carbons (Fsp3) is 0.607. The molecule has 156 valence electrons. The number of hydrogen-bond acceptors (Lipinski definition) is 1. The highest BCUT2D eigenvalue weighted by Gasteiger charge is 2.53. The number of carbonyl (C=O) groups excluding carboxylic acids is 1. The van der Waals surface area contributed by atoms with Crippen LogP contribution in [-0.4, -0.2) is 5.78 Å². The molecule has 29 heavy (non-hydrogen) atoms. The maximum Gasteiger partial charge on any atom is 0.156 e. The average molecular weight is 391 g/mol. The van der Waals surface area contributed by atoms with Gasteiger partial charge in [-0.25, -0.2) is 0 Å². The lowest BCUT2D eigenvalue weighted by atomic mass is 9.53. The van der Waals surface area contributed by atoms with Crippen LogP contribution in [0.25, 0.3) is 0 Å². The largest absolute Gasteiger partial charge is 0.295 e. The van der Waals surface area contributed by atoms with Gasteiger partial charge in [0.25, 0.3) is 0 Å². The second kappa shape index (κ2) is 7.25. The summed E-state index contributed by atoms with van der Waals surface area (Å²) in [6.45, 7) is 16.0. The molecule has 0 bridgehead atoms. The molecular formula is C28H38O. The first-order valence-corrected chi connectivity index (χ1v) is 11.7. The molecule has 0 spiro atoms. The van der Waals surface area contributed by atoms with Crippen LogP contribution in [0, 0.1) is 34.5 Å². The lowest BCUT2D eigenvalue weighted by molar-refractivity contribution is -0.116. The SMILES string of the molecule is C=C(C=CC(C)C1CCC2=C3C=CC4=CC(=O)CC[C@]4(C)C3CC[C@@]21C)C(C)C. The van der Waals surface area contributed by atoms with Crippen molar-refractivity contribution in [1.82, 2.24) is 0 Å². The minimum absolute atomic E-state index is 0.158. The third kappa shape index (κ3) is 3.25. The van der Waals surface area contributed by atoms with E-state index in [1.807, 2.05) is 6.08 Å². The fourth-order valence-corrected chi connectivity index (χ4v) is 6.80. The highest BCUT2D eigenvalue weighted by Crippen LogP contribution is 2.63. The highest BCUT2D eigenvalue weighted by molar-refractivity contribution is 5.92. The molecule has 0 aromatic heterocycles. The molecule has 1 nitrogen and oxygen atoms in total. The first kappa shape index (κ1) is 20.6. The minimum atomic E-state index is 0.158. The number of ketones is 1. The van der Waals surface area contributed by atoms with E-state index in [1.165, 1.54) is 36.8 Å². The molecule has 1 heteroatoms. The van der Waals surface area contributed by atoms with Gasteiger partial charge >= 0.3 is 0 Å². The predicted molar refractivity (Wildman–Crippen MR) is 122 cm³/mol. The molecule has 5 atom stereocenters. The Morgan fingerprint density at radius 3 is 2.59 bits per heavy atom. The lowest BCUT2D eigenvalue weighted by Gasteiger charge is -2.51. The smallest absolute Gasteiger partial charge is 0.156 e. The Balaban J connectivity index is 1.66. The van der Waals surface area contributed by atoms with Gasteiger partial charge in [-0.1, -0.05) is 76.6 Å². The molecule has 1 fully saturated rings. The van der Waals surface area contributed by atoms with Crippen LogP contribution < -0.4 is 0 Å². The van der Waals surface area contributed by atoms with Crippen LogP contribution in [0.1, 0.15) is 73.1 Å². The molecule has 0 saturated heterocycles. The van der Waals surface area contributed by atoms with Crippen LogP contribution in [-0.2, 0) is 4.79 Å². The summed E-state index contributed by atoms with van der Waals surface area (Å²) in [7, 11) is 0. The summed E-state index contributed by atoms with van der Waals surface area (Å²) in [6, 6.07) is 0. The van der Waals surface area contributed by atoms with E-state index in [9.17, 15) is 4.79 Å². The van der Waals surface area contributed by atoms with Gasteiger partial charge < -0.3 is 0 Å². The molecule has 4 rings (SSSR count). The molecule has 1 saturated carbocycles. The van der Waals surface area contributed by atoms with Crippen molar-refractivity contribution < 1.29 is 4.79 Å². The number of hydrogen-bond donors (Lipinski definition) is 0. The van der Waals surface area contributed by atoms with Crippen LogP contribution in [0.4, 0.5) is 0 Å². The van der Waals surface area contributed by atoms with E-state index < -0.39 is 0 Å². The minimum Gasteiger partial charge on any atom is -0.295 e. The second-order valence-corrected chi connectivity index (χ2v) is 10.9. The van der Waals surface area contributed by atoms with Gasteiger partial charge in [0, 0.05) is 6.42 Å². The highest BCUT2D eigenvalue weighted by atomic mass is 16.1. The standard InChI is InChI=1S/C28H38O/c1-18(2)19(3)7-8-20(4)24-11-12-25-23-10-9-21-17-22(29)13-15-27(21,5)26(23)14-16-28(24,25)6/h7-10,17-18,20,24,26H,3,11-16H2,1-2,4-6H3/t20?,24?,26?,27-,28+/m0/s1. The van der Waals surface area contributed by atoms with Crippen molar-refractivity contribution in [3.05, 3.63) is 59.3 Å². The monoisotopic (exact) mass is 390 g/mol. The zero-order valence-electron chi connectivity index (χ0n) is 19.1. The van der Waals surface area contributed by atoms with Crippen molar-refractivity contribution >= 4 is 5.78 Å². The van der Waals surface area contributed by atoms with Gasteiger partial charge in [0.1, 0.15) is 0 Å². The summed E-state index contributed by atoms with van der Waals surface area (Å²) in [5.74, 6) is 2.72. The van der Waals surface area contributed by atoms with Gasteiger partial charge in [0.2, 0.25) is 0 Å². The Hall–Kier alpha value is -1.63. The Kier molecular flexibility index (Phi) is 5.16. The van der Waals surface area contributed by atoms with E-state index in [0.29, 0.717) is 41.3 Å². The second-order valence-electron chi connectivity index (χ2n) is 10.9. The molecule has 0 aliphatic heterocycles. The zero-order valence-corrected chi connectivity index (χ0v) is 19.1. The van der Waals surface area contributed by atoms with Crippen LogP contribution in [0.15, 0.2) is 59.3 Å². The molecular weight excluding hydrogens is 352 g/mol. The first-order valence-electron chi connectivity index (χ1n) is 11.7. The van der Waals surface area contributed by atoms with E-state index in [-0.39, 0.29) is 5.41 Å². The Morgan fingerprint density at radius 1 is 1.10 bits per heavy atom. The normalized spacial score (nSPS) is 37.4. The van der Waals surface area contributed by atoms with Crippen LogP contribution in [0.2, 0.25) is 0 Å². The molecule has 4 aliphatic carbocycles. The Bertz CT molecular complexity index is 848. The third-order valence-corrected chi connectivity index (χ3v) is 8.96. The fourth-order valence-electron chi connectivity index (χ4n) is 6.80. The lowest BCUT2D eigenvalue weighted by Crippen LogP contribution is -2.41. The van der Waals surface area contributed by atoms with Gasteiger partial charge in [-0.15, -0.1) is 0 Å². The zero-order chi connectivity index (χ0) is 21.0. The maximum atomic E-state index is 12.0. The van der Waals surface area contributed by atoms with Gasteiger partial charge in [-0.3, -0.25) is 4.79 Å². The number of rotatable bonds is 4. The van der Waals surface area contributed by atoms with E-state index in [2.05, 4.69) is 65.5 Å². The quantitative estimate of drug-likeness (QED) is 0.458. The molecule has 4 aliphatic rings. The molecule has 0 heterocycles. The van der Waals surface area contributed by atoms with Gasteiger partial charge in [-0.2, -0.15) is 0 Å². The molecule has 0 amide bonds. The van der Waals surface area contributed by atoms with Crippen LogP contribution in [0.3, 0.4) is 0 Å². The first-order chi connectivity index (χ1) is 13.7. The van der Waals surface area contributed by atoms with Crippen molar-refractivity contribution in [3.63, 3.8) is 0 Å². The summed E-state index contributed by atoms with van der Waals surface area (Å²) in [5, 5.41) is 0. The van der Waals surface area contributed by atoms with E-state index in [4.69, 9.17) is 0 Å². The molecule has 3 unspecified atom stereocenters. The van der Waals surface area contributed by atoms with Crippen LogP contribution >= 0.6 is 0 Å². The van der Waals surface area contributed by atoms with E-state index in [0.717, 1.165) is 6.42 Å². The molecule has 0 aromatic rings. The number of allylic oxidation sites excluding steroid dienone is 9. The van der Waals surface area contributed by atoms with Gasteiger partial charge in [-0.05, 0) is 83.8 Å². The topological polar surface area (TPSA) is 17.1 Å². The van der Waals surface area contributed by atoms with Crippen molar-refractivity contribution in [1.29, 1.82) is 0 Å². The van der Waals surface area contributed by atoms with Crippen molar-refractivity contribution in [2.24, 2.45) is 34.5 Å². The van der Waals surface area contributed by atoms with Crippen molar-refractivity contribution in [3.8, 4) is 0 Å². The van der Waals surface area contributed by atoms with Crippen molar-refractivity contribution in [2.75, 3.05) is 0 Å². The summed E-state index contributed by atoms with van der Waals surface area (Å²) >= 11 is 0. The predicted octanol–water partition coefficient (Wildman–Crippen LogP) is 7.38. The summed E-state index contributed by atoms with van der Waals surface area (Å²) in [6.07, 6.45) is 18.1. The maximum absolute atomic E-state index is 12.0. The van der Waals surface area contributed by atoms with Gasteiger partial charge in [0.05, 0.1) is 0 Å². The average Bonchev–Trinajstić information content (AvgIpc) is 3.03. The Morgan fingerprint density at radius 2 is 1.86 bits per heavy atom. The van der Waals surface area contributed by atoms with E-state index >= 15 is 0 Å². The number of carbonyl (C=O) groups is 1. The number of fused-ring (bicyclic) bond motifs is 4. The summed E-state index contributed by atoms with van der Waals surface area (Å²) in [5.41, 5.74) is 6.35. The molecule has 0 aromatic carbocycles. The Labute approximate surface area is 177 Å². The van der Waals surface area contributed by atoms with E-state index in [1.54, 1.807) is 11.1 Å². The van der Waals surface area contributed by atoms with Crippen molar-refractivity contribution in [2.45, 2.75) is 73.1 Å². The summed E-state index contributed by atoms with van der Waals surface area (Å²) in [4.78, 5) is 12.0. The van der Waals surface area contributed by atoms with Gasteiger partial charge in [0.15, 0.2) is 5.78 Å². The molecule has 0 radical (unpaired) electrons. The third-order valence-electron chi connectivity index (χ3n) is 8.96. The molecule has 0 N–H and O–H groups in total.